The van der Waals surface area contributed by atoms with Crippen LogP contribution < -0.4 is 9.62 Å². The van der Waals surface area contributed by atoms with Gasteiger partial charge in [0.25, 0.3) is 5.91 Å². The van der Waals surface area contributed by atoms with E-state index in [0.29, 0.717) is 34.4 Å². The molecular weight excluding hydrogens is 607 g/mol. The van der Waals surface area contributed by atoms with Crippen LogP contribution in [-0.2, 0) is 33.8 Å². The summed E-state index contributed by atoms with van der Waals surface area (Å²) in [6, 6.07) is 9.13. The van der Waals surface area contributed by atoms with Gasteiger partial charge in [0, 0.05) is 24.1 Å². The SMILES string of the molecule is CNC(=O)c1c(-c2ccc(F)cc2)oc2cc(N(CCOCCOCCOCC(=O)OCC(C)C)S(C)(=O)=O)c(C3CC3)cc12. The average molecular weight is 649 g/mol. The zero-order valence-corrected chi connectivity index (χ0v) is 26.9. The number of esters is 1. The molecule has 4 rings (SSSR count). The summed E-state index contributed by atoms with van der Waals surface area (Å²) in [5, 5.41) is 3.20. The maximum atomic E-state index is 13.6. The summed E-state index contributed by atoms with van der Waals surface area (Å²) < 4.78 is 68.5. The lowest BCUT2D eigenvalue weighted by atomic mass is 10.0. The predicted octanol–water partition coefficient (Wildman–Crippen LogP) is 4.49. The third kappa shape index (κ3) is 9.49. The first-order valence-electron chi connectivity index (χ1n) is 14.9. The van der Waals surface area contributed by atoms with Crippen molar-refractivity contribution in [2.75, 3.05) is 70.4 Å². The molecule has 1 aliphatic rings. The molecule has 1 heterocycles. The largest absolute Gasteiger partial charge is 0.464 e. The minimum atomic E-state index is -3.71. The molecule has 0 bridgehead atoms. The van der Waals surface area contributed by atoms with Gasteiger partial charge < -0.3 is 28.7 Å². The maximum absolute atomic E-state index is 13.6. The molecule has 1 saturated carbocycles. The number of nitrogens with one attached hydrogen (secondary N) is 1. The van der Waals surface area contributed by atoms with Crippen LogP contribution in [0.5, 0.6) is 0 Å². The van der Waals surface area contributed by atoms with Crippen LogP contribution in [0.15, 0.2) is 40.8 Å². The van der Waals surface area contributed by atoms with Crippen LogP contribution in [0.3, 0.4) is 0 Å². The second-order valence-electron chi connectivity index (χ2n) is 11.3. The Morgan fingerprint density at radius 1 is 1.02 bits per heavy atom. The van der Waals surface area contributed by atoms with Crippen molar-refractivity contribution in [2.24, 2.45) is 5.92 Å². The molecule has 1 aromatic heterocycles. The fourth-order valence-corrected chi connectivity index (χ4v) is 5.67. The number of ether oxygens (including phenoxy) is 4. The monoisotopic (exact) mass is 648 g/mol. The topological polar surface area (TPSA) is 134 Å². The quantitative estimate of drug-likeness (QED) is 0.156. The molecule has 1 N–H and O–H groups in total. The molecule has 1 amide bonds. The van der Waals surface area contributed by atoms with Crippen molar-refractivity contribution in [3.8, 4) is 11.3 Å². The molecular formula is C32H41FN2O9S. The van der Waals surface area contributed by atoms with Crippen LogP contribution >= 0.6 is 0 Å². The number of fused-ring (bicyclic) bond motifs is 1. The molecule has 0 spiro atoms. The zero-order valence-electron chi connectivity index (χ0n) is 26.1. The van der Waals surface area contributed by atoms with Crippen molar-refractivity contribution in [1.29, 1.82) is 0 Å². The number of anilines is 1. The van der Waals surface area contributed by atoms with Gasteiger partial charge in [-0.05, 0) is 60.6 Å². The molecule has 0 aliphatic heterocycles. The van der Waals surface area contributed by atoms with Crippen molar-refractivity contribution in [3.63, 3.8) is 0 Å². The molecule has 0 radical (unpaired) electrons. The van der Waals surface area contributed by atoms with Gasteiger partial charge in [0.05, 0.1) is 63.7 Å². The van der Waals surface area contributed by atoms with Gasteiger partial charge in [-0.2, -0.15) is 0 Å². The number of furan rings is 1. The average Bonchev–Trinajstić information content (AvgIpc) is 3.78. The standard InChI is InChI=1S/C32H41FN2O9S/c1-21(2)19-43-29(36)20-42-16-15-41-14-13-40-12-11-35(45(4,38)39)27-18-28-26(17-25(27)22-5-6-22)30(32(37)34-3)31(44-28)23-7-9-24(33)10-8-23/h7-10,17-18,21-22H,5-6,11-16,19-20H2,1-4H3,(H,34,37). The first kappa shape index (κ1) is 34.4. The Labute approximate surface area is 263 Å². The molecule has 11 nitrogen and oxygen atoms in total. The van der Waals surface area contributed by atoms with Gasteiger partial charge in [-0.25, -0.2) is 17.6 Å². The van der Waals surface area contributed by atoms with Gasteiger partial charge in [0.2, 0.25) is 10.0 Å². The van der Waals surface area contributed by atoms with E-state index in [9.17, 15) is 22.4 Å². The fourth-order valence-electron chi connectivity index (χ4n) is 4.75. The van der Waals surface area contributed by atoms with E-state index in [1.165, 1.54) is 35.6 Å². The normalized spacial score (nSPS) is 13.4. The van der Waals surface area contributed by atoms with Crippen LogP contribution in [0.25, 0.3) is 22.3 Å². The van der Waals surface area contributed by atoms with Gasteiger partial charge in [-0.15, -0.1) is 0 Å². The maximum Gasteiger partial charge on any atom is 0.332 e. The molecule has 1 fully saturated rings. The number of hydrogen-bond donors (Lipinski definition) is 1. The number of hydrogen-bond acceptors (Lipinski definition) is 9. The third-order valence-electron chi connectivity index (χ3n) is 7.06. The summed E-state index contributed by atoms with van der Waals surface area (Å²) in [5.74, 6) is -0.532. The van der Waals surface area contributed by atoms with E-state index in [1.54, 1.807) is 6.07 Å². The Hall–Kier alpha value is -3.52. The molecule has 13 heteroatoms. The molecule has 1 aliphatic carbocycles. The second kappa shape index (κ2) is 15.7. The Balaban J connectivity index is 1.41. The lowest BCUT2D eigenvalue weighted by Gasteiger charge is -2.25. The highest BCUT2D eigenvalue weighted by Crippen LogP contribution is 2.48. The Morgan fingerprint density at radius 2 is 1.67 bits per heavy atom. The van der Waals surface area contributed by atoms with E-state index < -0.39 is 21.8 Å². The third-order valence-corrected chi connectivity index (χ3v) is 8.24. The molecule has 0 unspecified atom stereocenters. The van der Waals surface area contributed by atoms with Gasteiger partial charge >= 0.3 is 5.97 Å². The van der Waals surface area contributed by atoms with Gasteiger partial charge in [-0.3, -0.25) is 9.10 Å². The summed E-state index contributed by atoms with van der Waals surface area (Å²) in [6.45, 7) is 5.27. The highest BCUT2D eigenvalue weighted by molar-refractivity contribution is 7.92. The Bertz CT molecular complexity index is 1570. The molecule has 0 saturated heterocycles. The molecule has 246 valence electrons. The van der Waals surface area contributed by atoms with Crippen LogP contribution in [0.2, 0.25) is 0 Å². The van der Waals surface area contributed by atoms with E-state index >= 15 is 0 Å². The van der Waals surface area contributed by atoms with Gasteiger partial charge in [0.1, 0.15) is 23.8 Å². The van der Waals surface area contributed by atoms with E-state index in [2.05, 4.69) is 5.32 Å². The second-order valence-corrected chi connectivity index (χ2v) is 13.2. The highest BCUT2D eigenvalue weighted by Gasteiger charge is 2.33. The number of nitrogens with zero attached hydrogens (tertiary/aromatic N) is 1. The number of benzene rings is 2. The molecule has 0 atom stereocenters. The van der Waals surface area contributed by atoms with Crippen LogP contribution in [0.1, 0.15) is 48.5 Å². The van der Waals surface area contributed by atoms with Crippen LogP contribution in [0.4, 0.5) is 10.1 Å². The van der Waals surface area contributed by atoms with E-state index in [4.69, 9.17) is 23.4 Å². The summed E-state index contributed by atoms with van der Waals surface area (Å²) in [4.78, 5) is 24.5. The van der Waals surface area contributed by atoms with E-state index in [1.807, 2.05) is 19.9 Å². The first-order valence-corrected chi connectivity index (χ1v) is 16.8. The minimum absolute atomic E-state index is 0.0551. The number of carbonyl (C=O) groups is 2. The van der Waals surface area contributed by atoms with Crippen molar-refractivity contribution >= 4 is 38.6 Å². The van der Waals surface area contributed by atoms with Crippen LogP contribution in [0, 0.1) is 11.7 Å². The minimum Gasteiger partial charge on any atom is -0.464 e. The van der Waals surface area contributed by atoms with Crippen LogP contribution in [-0.4, -0.2) is 86.4 Å². The van der Waals surface area contributed by atoms with E-state index in [0.717, 1.165) is 24.7 Å². The first-order chi connectivity index (χ1) is 21.5. The lowest BCUT2D eigenvalue weighted by Crippen LogP contribution is -2.34. The molecule has 45 heavy (non-hydrogen) atoms. The van der Waals surface area contributed by atoms with Gasteiger partial charge in [0.15, 0.2) is 0 Å². The Morgan fingerprint density at radius 3 is 2.27 bits per heavy atom. The summed E-state index contributed by atoms with van der Waals surface area (Å²) in [5.41, 5.74) is 2.44. The summed E-state index contributed by atoms with van der Waals surface area (Å²) in [6.07, 6.45) is 2.92. The number of amides is 1. The van der Waals surface area contributed by atoms with Crippen molar-refractivity contribution in [3.05, 3.63) is 53.3 Å². The lowest BCUT2D eigenvalue weighted by molar-refractivity contribution is -0.150. The number of carbonyl (C=O) groups excluding carboxylic acids is 2. The smallest absolute Gasteiger partial charge is 0.332 e. The molecule has 2 aromatic carbocycles. The summed E-state index contributed by atoms with van der Waals surface area (Å²) in [7, 11) is -2.20. The van der Waals surface area contributed by atoms with Gasteiger partial charge in [-0.1, -0.05) is 13.8 Å². The Kier molecular flexibility index (Phi) is 12.0. The summed E-state index contributed by atoms with van der Waals surface area (Å²) >= 11 is 0. The van der Waals surface area contributed by atoms with Crippen molar-refractivity contribution < 1.29 is 45.8 Å². The van der Waals surface area contributed by atoms with E-state index in [-0.39, 0.29) is 69.7 Å². The van der Waals surface area contributed by atoms with Crippen molar-refractivity contribution in [2.45, 2.75) is 32.6 Å². The predicted molar refractivity (Wildman–Crippen MR) is 167 cm³/mol. The highest BCUT2D eigenvalue weighted by atomic mass is 32.2. The number of rotatable bonds is 18. The number of sulfonamides is 1. The fraction of sp³-hybridized carbons (Fsp3) is 0.500. The number of halogens is 1. The van der Waals surface area contributed by atoms with Crippen molar-refractivity contribution in [1.82, 2.24) is 5.32 Å². The molecule has 3 aromatic rings. The zero-order chi connectivity index (χ0) is 32.6.